The van der Waals surface area contributed by atoms with Crippen LogP contribution in [0.5, 0.6) is 0 Å². The van der Waals surface area contributed by atoms with Gasteiger partial charge in [0.25, 0.3) is 0 Å². The number of hydrogen-bond acceptors (Lipinski definition) is 4. The maximum Gasteiger partial charge on any atom is 0.306 e. The van der Waals surface area contributed by atoms with Crippen molar-refractivity contribution in [3.05, 3.63) is 0 Å². The van der Waals surface area contributed by atoms with E-state index in [4.69, 9.17) is 9.47 Å². The van der Waals surface area contributed by atoms with Crippen LogP contribution in [0.15, 0.2) is 0 Å². The second-order valence-corrected chi connectivity index (χ2v) is 8.46. The van der Waals surface area contributed by atoms with Crippen LogP contribution in [0.4, 0.5) is 0 Å². The largest absolute Gasteiger partial charge is 0.462 e. The van der Waals surface area contributed by atoms with Gasteiger partial charge in [-0.15, -0.1) is 0 Å². The van der Waals surface area contributed by atoms with E-state index in [0.717, 1.165) is 31.6 Å². The Balaban J connectivity index is 1.53. The average molecular weight is 320 g/mol. The molecule has 0 unspecified atom stereocenters. The number of fused-ring (bicyclic) bond motifs is 5. The molecule has 0 spiro atoms. The lowest BCUT2D eigenvalue weighted by atomic mass is 9.53. The van der Waals surface area contributed by atoms with Crippen LogP contribution in [-0.2, 0) is 19.1 Å². The lowest BCUT2D eigenvalue weighted by Crippen LogP contribution is -2.52. The molecule has 0 bridgehead atoms. The van der Waals surface area contributed by atoms with Crippen LogP contribution in [0.3, 0.4) is 0 Å². The van der Waals surface area contributed by atoms with Gasteiger partial charge in [-0.1, -0.05) is 6.92 Å². The number of carbonyl (C=O) groups excluding carboxylic acids is 2. The molecule has 0 aromatic rings. The second kappa shape index (κ2) is 5.49. The van der Waals surface area contributed by atoms with Gasteiger partial charge in [0, 0.05) is 18.8 Å². The molecule has 0 aromatic carbocycles. The predicted molar refractivity (Wildman–Crippen MR) is 84.4 cm³/mol. The Labute approximate surface area is 138 Å². The van der Waals surface area contributed by atoms with Crippen LogP contribution in [0, 0.1) is 29.1 Å². The van der Waals surface area contributed by atoms with E-state index >= 15 is 0 Å². The van der Waals surface area contributed by atoms with Gasteiger partial charge in [0.05, 0.1) is 0 Å². The van der Waals surface area contributed by atoms with Crippen LogP contribution in [0.2, 0.25) is 0 Å². The molecular formula is C19H28O4. The molecule has 7 atom stereocenters. The molecule has 0 aromatic heterocycles. The van der Waals surface area contributed by atoms with Crippen molar-refractivity contribution >= 4 is 11.9 Å². The molecule has 3 saturated carbocycles. The fourth-order valence-electron chi connectivity index (χ4n) is 6.51. The summed E-state index contributed by atoms with van der Waals surface area (Å²) in [5.74, 6) is 2.54. The summed E-state index contributed by atoms with van der Waals surface area (Å²) >= 11 is 0. The number of ether oxygens (including phenoxy) is 2. The van der Waals surface area contributed by atoms with E-state index < -0.39 is 0 Å². The lowest BCUT2D eigenvalue weighted by molar-refractivity contribution is -0.174. The number of carbonyl (C=O) groups is 2. The molecule has 4 fully saturated rings. The van der Waals surface area contributed by atoms with Gasteiger partial charge in [-0.3, -0.25) is 9.59 Å². The van der Waals surface area contributed by atoms with Crippen molar-refractivity contribution < 1.29 is 19.1 Å². The standard InChI is InChI=1S/C19H28O4/c1-11(20)22-17-7-5-15-13-3-6-16-14(4-8-18(21)23-16)12(13)9-10-19(15,17)2/h12-17H,3-10H2,1-2H3/t12-,13+,14-,15+,16-,17+,19+/m1/s1. The van der Waals surface area contributed by atoms with Gasteiger partial charge in [0.1, 0.15) is 12.2 Å². The summed E-state index contributed by atoms with van der Waals surface area (Å²) in [6.07, 6.45) is 8.65. The summed E-state index contributed by atoms with van der Waals surface area (Å²) in [4.78, 5) is 23.0. The van der Waals surface area contributed by atoms with Crippen molar-refractivity contribution in [1.29, 1.82) is 0 Å². The van der Waals surface area contributed by atoms with E-state index in [1.165, 1.54) is 26.2 Å². The molecule has 1 heterocycles. The molecule has 4 aliphatic rings. The highest BCUT2D eigenvalue weighted by Crippen LogP contribution is 2.61. The molecular weight excluding hydrogens is 292 g/mol. The Hall–Kier alpha value is -1.06. The fourth-order valence-corrected chi connectivity index (χ4v) is 6.51. The Morgan fingerprint density at radius 1 is 1.09 bits per heavy atom. The normalized spacial score (nSPS) is 48.7. The lowest BCUT2D eigenvalue weighted by Gasteiger charge is -2.54. The van der Waals surface area contributed by atoms with Crippen molar-refractivity contribution in [3.63, 3.8) is 0 Å². The zero-order valence-corrected chi connectivity index (χ0v) is 14.3. The zero-order valence-electron chi connectivity index (χ0n) is 14.3. The third-order valence-electron chi connectivity index (χ3n) is 7.49. The van der Waals surface area contributed by atoms with Crippen molar-refractivity contribution in [2.75, 3.05) is 0 Å². The van der Waals surface area contributed by atoms with Crippen molar-refractivity contribution in [2.45, 2.75) is 77.4 Å². The minimum absolute atomic E-state index is 0.00105. The second-order valence-electron chi connectivity index (χ2n) is 8.46. The van der Waals surface area contributed by atoms with Gasteiger partial charge >= 0.3 is 11.9 Å². The van der Waals surface area contributed by atoms with Gasteiger partial charge in [0.15, 0.2) is 0 Å². The minimum Gasteiger partial charge on any atom is -0.462 e. The van der Waals surface area contributed by atoms with Crippen molar-refractivity contribution in [3.8, 4) is 0 Å². The van der Waals surface area contributed by atoms with Crippen LogP contribution >= 0.6 is 0 Å². The van der Waals surface area contributed by atoms with E-state index in [1.807, 2.05) is 0 Å². The maximum atomic E-state index is 11.6. The van der Waals surface area contributed by atoms with E-state index in [0.29, 0.717) is 24.2 Å². The SMILES string of the molecule is CC(=O)O[C@H]1CC[C@H]2[C@H]3CC[C@H]4OC(=O)CC[C@@H]4[C@@H]3CC[C@]12C. The highest BCUT2D eigenvalue weighted by Gasteiger charge is 2.58. The molecule has 4 nitrogen and oxygen atoms in total. The van der Waals surface area contributed by atoms with Gasteiger partial charge in [-0.25, -0.2) is 0 Å². The third kappa shape index (κ3) is 2.40. The molecule has 0 amide bonds. The van der Waals surface area contributed by atoms with Gasteiger partial charge in [-0.05, 0) is 68.6 Å². The molecule has 1 aliphatic heterocycles. The van der Waals surface area contributed by atoms with E-state index in [-0.39, 0.29) is 29.6 Å². The van der Waals surface area contributed by atoms with E-state index in [1.54, 1.807) is 0 Å². The molecule has 4 heteroatoms. The average Bonchev–Trinajstić information content (AvgIpc) is 2.83. The first kappa shape index (κ1) is 15.5. The first-order valence-corrected chi connectivity index (χ1v) is 9.36. The monoisotopic (exact) mass is 320 g/mol. The van der Waals surface area contributed by atoms with Crippen LogP contribution in [0.1, 0.15) is 65.2 Å². The molecule has 3 aliphatic carbocycles. The Bertz CT molecular complexity index is 515. The minimum atomic E-state index is -0.137. The quantitative estimate of drug-likeness (QED) is 0.694. The molecule has 0 N–H and O–H groups in total. The van der Waals surface area contributed by atoms with Crippen molar-refractivity contribution in [1.82, 2.24) is 0 Å². The number of esters is 2. The van der Waals surface area contributed by atoms with E-state index in [9.17, 15) is 9.59 Å². The fraction of sp³-hybridized carbons (Fsp3) is 0.895. The topological polar surface area (TPSA) is 52.6 Å². The molecule has 4 rings (SSSR count). The molecule has 23 heavy (non-hydrogen) atoms. The van der Waals surface area contributed by atoms with Gasteiger partial charge < -0.3 is 9.47 Å². The first-order chi connectivity index (χ1) is 11.0. The number of hydrogen-bond donors (Lipinski definition) is 0. The van der Waals surface area contributed by atoms with Crippen LogP contribution < -0.4 is 0 Å². The Morgan fingerprint density at radius 3 is 2.70 bits per heavy atom. The zero-order chi connectivity index (χ0) is 16.2. The smallest absolute Gasteiger partial charge is 0.306 e. The van der Waals surface area contributed by atoms with E-state index in [2.05, 4.69) is 6.92 Å². The van der Waals surface area contributed by atoms with Crippen LogP contribution in [0.25, 0.3) is 0 Å². The predicted octanol–water partition coefficient (Wildman–Crippen LogP) is 3.48. The van der Waals surface area contributed by atoms with Crippen LogP contribution in [-0.4, -0.2) is 24.1 Å². The van der Waals surface area contributed by atoms with Gasteiger partial charge in [0.2, 0.25) is 0 Å². The summed E-state index contributed by atoms with van der Waals surface area (Å²) in [7, 11) is 0. The van der Waals surface area contributed by atoms with Crippen molar-refractivity contribution in [2.24, 2.45) is 29.1 Å². The Kier molecular flexibility index (Phi) is 3.69. The Morgan fingerprint density at radius 2 is 1.91 bits per heavy atom. The van der Waals surface area contributed by atoms with Gasteiger partial charge in [-0.2, -0.15) is 0 Å². The highest BCUT2D eigenvalue weighted by atomic mass is 16.5. The summed E-state index contributed by atoms with van der Waals surface area (Å²) in [6.45, 7) is 3.88. The molecule has 1 saturated heterocycles. The summed E-state index contributed by atoms with van der Waals surface area (Å²) in [5, 5.41) is 0. The highest BCUT2D eigenvalue weighted by molar-refractivity contribution is 5.70. The third-order valence-corrected chi connectivity index (χ3v) is 7.49. The first-order valence-electron chi connectivity index (χ1n) is 9.36. The number of rotatable bonds is 1. The maximum absolute atomic E-state index is 11.6. The summed E-state index contributed by atoms with van der Waals surface area (Å²) < 4.78 is 11.3. The molecule has 0 radical (unpaired) electrons. The summed E-state index contributed by atoms with van der Waals surface area (Å²) in [5.41, 5.74) is 0.158. The summed E-state index contributed by atoms with van der Waals surface area (Å²) in [6, 6.07) is 0. The molecule has 128 valence electrons.